The second kappa shape index (κ2) is 7.24. The van der Waals surface area contributed by atoms with Gasteiger partial charge in [-0.25, -0.2) is 8.42 Å². The summed E-state index contributed by atoms with van der Waals surface area (Å²) in [5, 5.41) is 17.8. The van der Waals surface area contributed by atoms with Gasteiger partial charge in [-0.15, -0.1) is 22.8 Å². The molecule has 0 aliphatic heterocycles. The van der Waals surface area contributed by atoms with Gasteiger partial charge in [0.1, 0.15) is 11.5 Å². The molecule has 0 saturated heterocycles. The van der Waals surface area contributed by atoms with Crippen molar-refractivity contribution < 1.29 is 18.3 Å². The van der Waals surface area contributed by atoms with Gasteiger partial charge in [0.05, 0.1) is 12.0 Å². The molecule has 0 atom stereocenters. The summed E-state index contributed by atoms with van der Waals surface area (Å²) < 4.78 is 32.3. The molecule has 0 saturated carbocycles. The fourth-order valence-corrected chi connectivity index (χ4v) is 4.45. The zero-order valence-corrected chi connectivity index (χ0v) is 16.7. The first-order valence-electron chi connectivity index (χ1n) is 8.13. The Morgan fingerprint density at radius 1 is 1.11 bits per heavy atom. The summed E-state index contributed by atoms with van der Waals surface area (Å²) >= 11 is 4.17. The Hall–Kier alpha value is -2.52. The minimum Gasteiger partial charge on any atom is -0.508 e. The van der Waals surface area contributed by atoms with Gasteiger partial charge < -0.3 is 9.84 Å². The van der Waals surface area contributed by atoms with Crippen LogP contribution in [0.2, 0.25) is 0 Å². The smallest absolute Gasteiger partial charge is 0.271 e. The summed E-state index contributed by atoms with van der Waals surface area (Å²) in [4.78, 5) is 0.0579. The van der Waals surface area contributed by atoms with Crippen LogP contribution in [0.5, 0.6) is 11.5 Å². The van der Waals surface area contributed by atoms with Crippen LogP contribution in [0.4, 0.5) is 0 Å². The van der Waals surface area contributed by atoms with E-state index in [0.29, 0.717) is 16.9 Å². The molecule has 0 amide bonds. The maximum atomic E-state index is 13.1. The van der Waals surface area contributed by atoms with E-state index in [-0.39, 0.29) is 27.5 Å². The second-order valence-corrected chi connectivity index (χ2v) is 8.38. The highest BCUT2D eigenvalue weighted by Crippen LogP contribution is 2.32. The van der Waals surface area contributed by atoms with Gasteiger partial charge in [-0.2, -0.15) is 3.97 Å². The molecule has 0 spiro atoms. The van der Waals surface area contributed by atoms with Crippen LogP contribution in [0.15, 0.2) is 52.5 Å². The van der Waals surface area contributed by atoms with Gasteiger partial charge in [0.2, 0.25) is 5.16 Å². The largest absolute Gasteiger partial charge is 0.508 e. The number of rotatable bonds is 5. The molecule has 27 heavy (non-hydrogen) atoms. The van der Waals surface area contributed by atoms with Crippen LogP contribution < -0.4 is 4.74 Å². The molecule has 3 rings (SSSR count). The number of hydrogen-bond donors (Lipinski definition) is 2. The van der Waals surface area contributed by atoms with Crippen LogP contribution in [0.1, 0.15) is 25.3 Å². The van der Waals surface area contributed by atoms with Gasteiger partial charge in [-0.1, -0.05) is 13.8 Å². The first-order chi connectivity index (χ1) is 12.8. The van der Waals surface area contributed by atoms with Crippen molar-refractivity contribution in [1.82, 2.24) is 14.2 Å². The Morgan fingerprint density at radius 2 is 1.78 bits per heavy atom. The Bertz CT molecular complexity index is 1070. The second-order valence-electron chi connectivity index (χ2n) is 6.20. The van der Waals surface area contributed by atoms with Crippen molar-refractivity contribution in [3.05, 3.63) is 48.0 Å². The number of benzene rings is 2. The van der Waals surface area contributed by atoms with Crippen LogP contribution in [-0.4, -0.2) is 34.8 Å². The first kappa shape index (κ1) is 19.2. The lowest BCUT2D eigenvalue weighted by atomic mass is 9.99. The van der Waals surface area contributed by atoms with E-state index in [1.807, 2.05) is 13.8 Å². The monoisotopic (exact) mass is 405 g/mol. The molecule has 0 unspecified atom stereocenters. The van der Waals surface area contributed by atoms with E-state index in [4.69, 9.17) is 4.74 Å². The van der Waals surface area contributed by atoms with Crippen LogP contribution in [0.25, 0.3) is 11.4 Å². The number of phenols is 1. The maximum absolute atomic E-state index is 13.1. The number of aromatic nitrogens is 3. The summed E-state index contributed by atoms with van der Waals surface area (Å²) in [6.45, 7) is 3.86. The lowest BCUT2D eigenvalue weighted by Gasteiger charge is -2.13. The van der Waals surface area contributed by atoms with E-state index in [1.54, 1.807) is 24.3 Å². The van der Waals surface area contributed by atoms with E-state index in [9.17, 15) is 13.5 Å². The number of ether oxygens (including phenoxy) is 1. The zero-order chi connectivity index (χ0) is 19.8. The molecule has 1 heterocycles. The molecule has 1 N–H and O–H groups in total. The summed E-state index contributed by atoms with van der Waals surface area (Å²) in [5.74, 6) is 0.862. The van der Waals surface area contributed by atoms with E-state index >= 15 is 0 Å². The molecule has 0 radical (unpaired) electrons. The average molecular weight is 406 g/mol. The molecular formula is C18H19N3O4S2. The van der Waals surface area contributed by atoms with Crippen LogP contribution in [0, 0.1) is 0 Å². The third kappa shape index (κ3) is 3.52. The third-order valence-electron chi connectivity index (χ3n) is 4.11. The lowest BCUT2D eigenvalue weighted by molar-refractivity contribution is 0.414. The molecule has 0 aliphatic rings. The lowest BCUT2D eigenvalue weighted by Crippen LogP contribution is -2.15. The van der Waals surface area contributed by atoms with Crippen LogP contribution in [0.3, 0.4) is 0 Å². The molecule has 142 valence electrons. The molecule has 0 aliphatic carbocycles. The van der Waals surface area contributed by atoms with Gasteiger partial charge in [0.25, 0.3) is 10.0 Å². The molecule has 0 fully saturated rings. The fourth-order valence-electron chi connectivity index (χ4n) is 2.67. The number of nitrogens with zero attached hydrogens (tertiary/aromatic N) is 3. The van der Waals surface area contributed by atoms with Crippen molar-refractivity contribution in [1.29, 1.82) is 0 Å². The predicted octanol–water partition coefficient (Wildman–Crippen LogP) is 3.31. The number of aromatic hydroxyl groups is 1. The highest BCUT2D eigenvalue weighted by molar-refractivity contribution is 7.90. The Labute approximate surface area is 163 Å². The van der Waals surface area contributed by atoms with E-state index in [1.165, 1.54) is 25.3 Å². The van der Waals surface area contributed by atoms with Gasteiger partial charge in [-0.05, 0) is 53.9 Å². The van der Waals surface area contributed by atoms with Crippen molar-refractivity contribution >= 4 is 22.7 Å². The number of methoxy groups -OCH3 is 1. The van der Waals surface area contributed by atoms with Gasteiger partial charge in [0, 0.05) is 5.56 Å². The Morgan fingerprint density at radius 3 is 2.37 bits per heavy atom. The van der Waals surface area contributed by atoms with E-state index in [2.05, 4.69) is 22.8 Å². The number of hydrogen-bond acceptors (Lipinski definition) is 7. The summed E-state index contributed by atoms with van der Waals surface area (Å²) in [6.07, 6.45) is 0. The summed E-state index contributed by atoms with van der Waals surface area (Å²) in [7, 11) is -2.47. The average Bonchev–Trinajstić information content (AvgIpc) is 3.04. The first-order valence-corrected chi connectivity index (χ1v) is 10.0. The summed E-state index contributed by atoms with van der Waals surface area (Å²) in [6, 6.07) is 10.8. The number of thiol groups is 1. The predicted molar refractivity (Wildman–Crippen MR) is 104 cm³/mol. The van der Waals surface area contributed by atoms with Gasteiger partial charge in [0.15, 0.2) is 5.82 Å². The van der Waals surface area contributed by atoms with Crippen LogP contribution in [-0.2, 0) is 10.0 Å². The molecule has 1 aromatic heterocycles. The van der Waals surface area contributed by atoms with Gasteiger partial charge >= 0.3 is 0 Å². The minimum atomic E-state index is -3.98. The molecule has 9 heteroatoms. The van der Waals surface area contributed by atoms with Crippen molar-refractivity contribution in [2.24, 2.45) is 0 Å². The van der Waals surface area contributed by atoms with Gasteiger partial charge in [-0.3, -0.25) is 0 Å². The molecular weight excluding hydrogens is 386 g/mol. The van der Waals surface area contributed by atoms with E-state index in [0.717, 1.165) is 3.97 Å². The third-order valence-corrected chi connectivity index (χ3v) is 6.23. The molecule has 0 bridgehead atoms. The quantitative estimate of drug-likeness (QED) is 0.633. The Balaban J connectivity index is 2.16. The summed E-state index contributed by atoms with van der Waals surface area (Å²) in [5.41, 5.74) is 1.20. The zero-order valence-electron chi connectivity index (χ0n) is 15.0. The van der Waals surface area contributed by atoms with Crippen LogP contribution >= 0.6 is 12.6 Å². The standard InChI is InChI=1S/C18H19N3O4S2/c1-11(2)15-10-12(4-9-16(15)22)17-19-20-18(26)21(17)27(23,24)14-7-5-13(25-3)6-8-14/h4-11,22H,1-3H3,(H,20,26). The SMILES string of the molecule is COc1ccc(S(=O)(=O)n2c(S)nnc2-c2ccc(O)c(C(C)C)c2)cc1. The minimum absolute atomic E-state index is 0.0509. The van der Waals surface area contributed by atoms with Crippen molar-refractivity contribution in [3.8, 4) is 22.9 Å². The Kier molecular flexibility index (Phi) is 5.16. The maximum Gasteiger partial charge on any atom is 0.271 e. The van der Waals surface area contributed by atoms with Crippen molar-refractivity contribution in [3.63, 3.8) is 0 Å². The molecule has 2 aromatic carbocycles. The highest BCUT2D eigenvalue weighted by atomic mass is 32.2. The molecule has 7 nitrogen and oxygen atoms in total. The topological polar surface area (TPSA) is 94.3 Å². The van der Waals surface area contributed by atoms with Crippen molar-refractivity contribution in [2.75, 3.05) is 7.11 Å². The van der Waals surface area contributed by atoms with Crippen molar-refractivity contribution in [2.45, 2.75) is 29.8 Å². The normalized spacial score (nSPS) is 11.7. The highest BCUT2D eigenvalue weighted by Gasteiger charge is 2.26. The molecule has 3 aromatic rings. The number of phenolic OH excluding ortho intramolecular Hbond substituents is 1. The van der Waals surface area contributed by atoms with E-state index < -0.39 is 10.0 Å². The fraction of sp³-hybridized carbons (Fsp3) is 0.222.